The molecule has 0 bridgehead atoms. The van der Waals surface area contributed by atoms with Crippen LogP contribution in [0.4, 0.5) is 0 Å². The van der Waals surface area contributed by atoms with Gasteiger partial charge in [-0.1, -0.05) is 29.8 Å². The van der Waals surface area contributed by atoms with Gasteiger partial charge in [-0.3, -0.25) is 0 Å². The van der Waals surface area contributed by atoms with Crippen LogP contribution in [0.2, 0.25) is 0 Å². The summed E-state index contributed by atoms with van der Waals surface area (Å²) >= 11 is 0. The van der Waals surface area contributed by atoms with Crippen LogP contribution in [0.25, 0.3) is 0 Å². The lowest BCUT2D eigenvalue weighted by molar-refractivity contribution is 0.133. The highest BCUT2D eigenvalue weighted by atomic mass is 16.3. The Morgan fingerprint density at radius 3 is 2.93 bits per heavy atom. The van der Waals surface area contributed by atoms with Gasteiger partial charge in [0.15, 0.2) is 0 Å². The van der Waals surface area contributed by atoms with Crippen LogP contribution < -0.4 is 0 Å². The first-order valence-electron chi connectivity index (χ1n) is 5.08. The molecule has 1 nitrogen and oxygen atoms in total. The van der Waals surface area contributed by atoms with Gasteiger partial charge in [-0.05, 0) is 30.9 Å². The molecule has 0 amide bonds. The van der Waals surface area contributed by atoms with Gasteiger partial charge >= 0.3 is 0 Å². The highest BCUT2D eigenvalue weighted by molar-refractivity contribution is 5.40. The summed E-state index contributed by atoms with van der Waals surface area (Å²) in [6.07, 6.45) is 1.49. The third kappa shape index (κ3) is 1.60. The summed E-state index contributed by atoms with van der Waals surface area (Å²) < 4.78 is 0. The lowest BCUT2D eigenvalue weighted by atomic mass is 9.73. The Balaban J connectivity index is 2.07. The molecule has 0 aliphatic heterocycles. The Morgan fingerprint density at radius 2 is 2.29 bits per heavy atom. The fourth-order valence-electron chi connectivity index (χ4n) is 2.14. The number of aliphatic hydroxyl groups excluding tert-OH is 1. The van der Waals surface area contributed by atoms with E-state index >= 15 is 0 Å². The molecule has 0 radical (unpaired) electrons. The summed E-state index contributed by atoms with van der Waals surface area (Å²) in [4.78, 5) is 0. The van der Waals surface area contributed by atoms with Crippen molar-refractivity contribution in [3.05, 3.63) is 47.5 Å². The van der Waals surface area contributed by atoms with E-state index in [9.17, 15) is 5.11 Å². The average Bonchev–Trinajstić information content (AvgIpc) is 2.05. The number of fused-ring (bicyclic) bond motifs is 1. The van der Waals surface area contributed by atoms with Crippen LogP contribution >= 0.6 is 0 Å². The van der Waals surface area contributed by atoms with Crippen LogP contribution in [0, 0.1) is 0 Å². The number of hydrogen-bond acceptors (Lipinski definition) is 1. The van der Waals surface area contributed by atoms with Gasteiger partial charge in [0.05, 0.1) is 6.10 Å². The molecule has 2 rings (SSSR count). The Morgan fingerprint density at radius 1 is 1.57 bits per heavy atom. The zero-order chi connectivity index (χ0) is 10.1. The molecule has 1 N–H and O–H groups in total. The summed E-state index contributed by atoms with van der Waals surface area (Å²) in [5, 5.41) is 9.93. The minimum Gasteiger partial charge on any atom is -0.392 e. The number of benzene rings is 1. The summed E-state index contributed by atoms with van der Waals surface area (Å²) in [5.41, 5.74) is 3.77. The predicted octanol–water partition coefficient (Wildman–Crippen LogP) is 2.65. The van der Waals surface area contributed by atoms with Crippen LogP contribution in [0.15, 0.2) is 36.4 Å². The van der Waals surface area contributed by atoms with Crippen molar-refractivity contribution in [1.29, 1.82) is 0 Å². The Labute approximate surface area is 85.1 Å². The molecule has 0 aromatic heterocycles. The second-order valence-electron chi connectivity index (χ2n) is 4.24. The van der Waals surface area contributed by atoms with Crippen LogP contribution in [0.3, 0.4) is 0 Å². The van der Waals surface area contributed by atoms with E-state index in [0.29, 0.717) is 5.92 Å². The fourth-order valence-corrected chi connectivity index (χ4v) is 2.14. The Bertz CT molecular complexity index is 354. The Hall–Kier alpha value is -1.08. The standard InChI is InChI=1S/C13H16O/c1-9(2)7-13(14)12-8-10-5-3-4-6-11(10)12/h3-6,12-14H,1,7-8H2,2H3. The van der Waals surface area contributed by atoms with Crippen molar-refractivity contribution >= 4 is 0 Å². The van der Waals surface area contributed by atoms with Gasteiger partial charge in [0.1, 0.15) is 0 Å². The predicted molar refractivity (Wildman–Crippen MR) is 58.3 cm³/mol. The van der Waals surface area contributed by atoms with E-state index in [0.717, 1.165) is 18.4 Å². The third-order valence-corrected chi connectivity index (χ3v) is 2.92. The van der Waals surface area contributed by atoms with Crippen molar-refractivity contribution in [3.63, 3.8) is 0 Å². The van der Waals surface area contributed by atoms with Gasteiger partial charge in [0.25, 0.3) is 0 Å². The topological polar surface area (TPSA) is 20.2 Å². The van der Waals surface area contributed by atoms with Crippen molar-refractivity contribution in [2.24, 2.45) is 0 Å². The van der Waals surface area contributed by atoms with E-state index in [4.69, 9.17) is 0 Å². The first-order chi connectivity index (χ1) is 6.68. The van der Waals surface area contributed by atoms with Crippen molar-refractivity contribution in [2.45, 2.75) is 31.8 Å². The van der Waals surface area contributed by atoms with E-state index in [1.54, 1.807) is 0 Å². The van der Waals surface area contributed by atoms with Crippen LogP contribution in [-0.4, -0.2) is 11.2 Å². The highest BCUT2D eigenvalue weighted by Gasteiger charge is 2.31. The fraction of sp³-hybridized carbons (Fsp3) is 0.385. The van der Waals surface area contributed by atoms with Crippen molar-refractivity contribution in [3.8, 4) is 0 Å². The smallest absolute Gasteiger partial charge is 0.0648 e. The monoisotopic (exact) mass is 188 g/mol. The molecule has 1 aromatic rings. The van der Waals surface area contributed by atoms with Crippen molar-refractivity contribution in [1.82, 2.24) is 0 Å². The van der Waals surface area contributed by atoms with Crippen LogP contribution in [0.1, 0.15) is 30.4 Å². The van der Waals surface area contributed by atoms with Gasteiger partial charge in [-0.2, -0.15) is 0 Å². The molecule has 1 heteroatoms. The maximum Gasteiger partial charge on any atom is 0.0648 e. The molecular weight excluding hydrogens is 172 g/mol. The quantitative estimate of drug-likeness (QED) is 0.723. The largest absolute Gasteiger partial charge is 0.392 e. The van der Waals surface area contributed by atoms with Crippen molar-refractivity contribution in [2.75, 3.05) is 0 Å². The first-order valence-corrected chi connectivity index (χ1v) is 5.08. The Kier molecular flexibility index (Phi) is 2.42. The SMILES string of the molecule is C=C(C)CC(O)C1Cc2ccccc21. The maximum atomic E-state index is 9.93. The molecule has 0 spiro atoms. The highest BCUT2D eigenvalue weighted by Crippen LogP contribution is 2.38. The minimum absolute atomic E-state index is 0.248. The van der Waals surface area contributed by atoms with Crippen LogP contribution in [0.5, 0.6) is 0 Å². The second kappa shape index (κ2) is 3.58. The van der Waals surface area contributed by atoms with E-state index in [2.05, 4.69) is 24.8 Å². The van der Waals surface area contributed by atoms with Gasteiger partial charge in [0.2, 0.25) is 0 Å². The number of aliphatic hydroxyl groups is 1. The molecular formula is C13H16O. The van der Waals surface area contributed by atoms with E-state index < -0.39 is 0 Å². The first kappa shape index (κ1) is 9.47. The summed E-state index contributed by atoms with van der Waals surface area (Å²) in [6.45, 7) is 5.80. The molecule has 1 aromatic carbocycles. The van der Waals surface area contributed by atoms with E-state index in [1.165, 1.54) is 11.1 Å². The maximum absolute atomic E-state index is 9.93. The van der Waals surface area contributed by atoms with Gasteiger partial charge in [0, 0.05) is 5.92 Å². The lowest BCUT2D eigenvalue weighted by Gasteiger charge is -2.34. The average molecular weight is 188 g/mol. The molecule has 0 saturated heterocycles. The van der Waals surface area contributed by atoms with Gasteiger partial charge in [-0.15, -0.1) is 6.58 Å². The molecule has 2 unspecified atom stereocenters. The summed E-state index contributed by atoms with van der Waals surface area (Å²) in [7, 11) is 0. The van der Waals surface area contributed by atoms with Crippen molar-refractivity contribution < 1.29 is 5.11 Å². The summed E-state index contributed by atoms with van der Waals surface area (Å²) in [5.74, 6) is 0.336. The summed E-state index contributed by atoms with van der Waals surface area (Å²) in [6, 6.07) is 8.35. The molecule has 74 valence electrons. The van der Waals surface area contributed by atoms with Gasteiger partial charge in [-0.25, -0.2) is 0 Å². The molecule has 1 aliphatic carbocycles. The van der Waals surface area contributed by atoms with Gasteiger partial charge < -0.3 is 5.11 Å². The minimum atomic E-state index is -0.248. The third-order valence-electron chi connectivity index (χ3n) is 2.92. The molecule has 1 aliphatic rings. The normalized spacial score (nSPS) is 20.9. The zero-order valence-corrected chi connectivity index (χ0v) is 8.53. The molecule has 2 atom stereocenters. The number of hydrogen-bond donors (Lipinski definition) is 1. The molecule has 14 heavy (non-hydrogen) atoms. The molecule has 0 saturated carbocycles. The zero-order valence-electron chi connectivity index (χ0n) is 8.53. The molecule has 0 heterocycles. The lowest BCUT2D eigenvalue weighted by Crippen LogP contribution is -2.28. The van der Waals surface area contributed by atoms with E-state index in [-0.39, 0.29) is 6.10 Å². The number of rotatable bonds is 3. The van der Waals surface area contributed by atoms with E-state index in [1.807, 2.05) is 13.0 Å². The molecule has 0 fully saturated rings. The van der Waals surface area contributed by atoms with Crippen LogP contribution in [-0.2, 0) is 6.42 Å². The second-order valence-corrected chi connectivity index (χ2v) is 4.24.